The number of hydrogen-bond donors (Lipinski definition) is 1. The number of benzene rings is 3. The van der Waals surface area contributed by atoms with Crippen molar-refractivity contribution in [3.05, 3.63) is 95.8 Å². The van der Waals surface area contributed by atoms with Crippen LogP contribution in [0.2, 0.25) is 0 Å². The van der Waals surface area contributed by atoms with Crippen LogP contribution in [-0.4, -0.2) is 24.1 Å². The molecule has 0 aliphatic carbocycles. The molecule has 6 nitrogen and oxygen atoms in total. The summed E-state index contributed by atoms with van der Waals surface area (Å²) in [5.41, 5.74) is 3.07. The second-order valence-corrected chi connectivity index (χ2v) is 8.44. The normalized spacial score (nSPS) is 13.1. The maximum absolute atomic E-state index is 13.0. The van der Waals surface area contributed by atoms with Crippen LogP contribution in [0.25, 0.3) is 11.0 Å². The quantitative estimate of drug-likeness (QED) is 0.491. The number of aromatic nitrogens is 2. The smallest absolute Gasteiger partial charge is 0.282 e. The Labute approximate surface area is 174 Å². The van der Waals surface area contributed by atoms with Crippen LogP contribution >= 0.6 is 0 Å². The number of H-pyrrole nitrogens is 1. The van der Waals surface area contributed by atoms with Gasteiger partial charge in [0.1, 0.15) is 11.7 Å². The third kappa shape index (κ3) is 3.86. The molecule has 0 aliphatic rings. The van der Waals surface area contributed by atoms with Gasteiger partial charge in [0, 0.05) is 0 Å². The van der Waals surface area contributed by atoms with Crippen LogP contribution in [-0.2, 0) is 10.0 Å². The number of imidazole rings is 1. The average Bonchev–Trinajstić information content (AvgIpc) is 3.18. The molecule has 7 heteroatoms. The van der Waals surface area contributed by atoms with Crippen molar-refractivity contribution in [1.82, 2.24) is 9.97 Å². The molecule has 1 atom stereocenters. The van der Waals surface area contributed by atoms with E-state index in [1.807, 2.05) is 37.3 Å². The number of hydrogen-bond acceptors (Lipinski definition) is 4. The predicted molar refractivity (Wildman–Crippen MR) is 116 cm³/mol. The van der Waals surface area contributed by atoms with E-state index in [2.05, 4.69) is 20.4 Å². The Hall–Kier alpha value is -3.76. The van der Waals surface area contributed by atoms with Gasteiger partial charge in [0.05, 0.1) is 27.7 Å². The van der Waals surface area contributed by atoms with Gasteiger partial charge < -0.3 is 4.98 Å². The molecule has 3 aromatic carbocycles. The molecule has 1 unspecified atom stereocenters. The maximum Gasteiger partial charge on any atom is 0.282 e. The van der Waals surface area contributed by atoms with Crippen molar-refractivity contribution >= 4 is 26.8 Å². The SMILES string of the molecule is Cc1ccc(S(=O)(=O)N=C(c2ccccc2)C(C#N)c2nc3ccccc3[nH]2)cc1. The second kappa shape index (κ2) is 7.93. The topological polar surface area (TPSA) is 99.0 Å². The van der Waals surface area contributed by atoms with E-state index in [9.17, 15) is 13.7 Å². The first-order valence-corrected chi connectivity index (χ1v) is 10.7. The third-order valence-corrected chi connectivity index (χ3v) is 6.00. The first kappa shape index (κ1) is 19.6. The molecular weight excluding hydrogens is 396 g/mol. The van der Waals surface area contributed by atoms with E-state index in [0.29, 0.717) is 16.9 Å². The van der Waals surface area contributed by atoms with E-state index in [-0.39, 0.29) is 10.6 Å². The summed E-state index contributed by atoms with van der Waals surface area (Å²) in [6.07, 6.45) is 0. The van der Waals surface area contributed by atoms with Gasteiger partial charge >= 0.3 is 0 Å². The first-order chi connectivity index (χ1) is 14.5. The molecule has 0 amide bonds. The Balaban J connectivity index is 1.88. The molecule has 0 radical (unpaired) electrons. The fourth-order valence-corrected chi connectivity index (χ4v) is 4.19. The van der Waals surface area contributed by atoms with Crippen molar-refractivity contribution in [2.45, 2.75) is 17.7 Å². The van der Waals surface area contributed by atoms with Crippen LogP contribution in [0.3, 0.4) is 0 Å². The molecule has 0 saturated heterocycles. The zero-order chi connectivity index (χ0) is 21.1. The lowest BCUT2D eigenvalue weighted by Gasteiger charge is -2.11. The first-order valence-electron chi connectivity index (χ1n) is 9.29. The van der Waals surface area contributed by atoms with Crippen LogP contribution in [0.4, 0.5) is 0 Å². The lowest BCUT2D eigenvalue weighted by Crippen LogP contribution is -2.16. The Morgan fingerprint density at radius 3 is 2.33 bits per heavy atom. The summed E-state index contributed by atoms with van der Waals surface area (Å²) < 4.78 is 30.1. The molecule has 1 heterocycles. The van der Waals surface area contributed by atoms with Gasteiger partial charge in [-0.25, -0.2) is 4.98 Å². The van der Waals surface area contributed by atoms with Crippen LogP contribution in [0.15, 0.2) is 88.2 Å². The molecule has 0 spiro atoms. The number of nitrogens with zero attached hydrogens (tertiary/aromatic N) is 3. The number of aryl methyl sites for hydroxylation is 1. The highest BCUT2D eigenvalue weighted by atomic mass is 32.2. The summed E-state index contributed by atoms with van der Waals surface area (Å²) in [7, 11) is -4.02. The minimum absolute atomic E-state index is 0.0721. The molecule has 0 aliphatic heterocycles. The average molecular weight is 414 g/mol. The van der Waals surface area contributed by atoms with Crippen molar-refractivity contribution < 1.29 is 8.42 Å². The Kier molecular flexibility index (Phi) is 5.17. The van der Waals surface area contributed by atoms with Crippen LogP contribution in [0.1, 0.15) is 22.9 Å². The summed E-state index contributed by atoms with van der Waals surface area (Å²) in [4.78, 5) is 7.68. The lowest BCUT2D eigenvalue weighted by molar-refractivity contribution is 0.598. The maximum atomic E-state index is 13.0. The van der Waals surface area contributed by atoms with Crippen LogP contribution in [0, 0.1) is 18.3 Å². The van der Waals surface area contributed by atoms with Crippen molar-refractivity contribution in [3.8, 4) is 6.07 Å². The molecular formula is C23H18N4O2S. The summed E-state index contributed by atoms with van der Waals surface area (Å²) in [5, 5.41) is 9.95. The Morgan fingerprint density at radius 1 is 1.00 bits per heavy atom. The molecule has 0 fully saturated rings. The molecule has 0 bridgehead atoms. The highest BCUT2D eigenvalue weighted by Gasteiger charge is 2.26. The fraction of sp³-hybridized carbons (Fsp3) is 0.0870. The van der Waals surface area contributed by atoms with Gasteiger partial charge in [-0.15, -0.1) is 0 Å². The van der Waals surface area contributed by atoms with E-state index in [1.54, 1.807) is 36.4 Å². The zero-order valence-corrected chi connectivity index (χ0v) is 17.0. The molecule has 148 valence electrons. The Morgan fingerprint density at radius 2 is 1.67 bits per heavy atom. The van der Waals surface area contributed by atoms with Crippen LogP contribution in [0.5, 0.6) is 0 Å². The van der Waals surface area contributed by atoms with Gasteiger partial charge in [-0.1, -0.05) is 60.2 Å². The number of aromatic amines is 1. The molecule has 4 rings (SSSR count). The molecule has 0 saturated carbocycles. The standard InChI is InChI=1S/C23H18N4O2S/c1-16-11-13-18(14-12-16)30(28,29)27-22(17-7-3-2-4-8-17)19(15-24)23-25-20-9-5-6-10-21(20)26-23/h2-14,19H,1H3,(H,25,26). The summed E-state index contributed by atoms with van der Waals surface area (Å²) in [5.74, 6) is -0.638. The van der Waals surface area contributed by atoms with E-state index in [0.717, 1.165) is 11.1 Å². The summed E-state index contributed by atoms with van der Waals surface area (Å²) in [6.45, 7) is 1.88. The second-order valence-electron chi connectivity index (χ2n) is 6.83. The summed E-state index contributed by atoms with van der Waals surface area (Å²) >= 11 is 0. The highest BCUT2D eigenvalue weighted by Crippen LogP contribution is 2.24. The fourth-order valence-electron chi connectivity index (χ4n) is 3.13. The lowest BCUT2D eigenvalue weighted by atomic mass is 9.97. The van der Waals surface area contributed by atoms with E-state index in [4.69, 9.17) is 0 Å². The van der Waals surface area contributed by atoms with Crippen LogP contribution < -0.4 is 0 Å². The molecule has 4 aromatic rings. The van der Waals surface area contributed by atoms with Gasteiger partial charge in [0.2, 0.25) is 0 Å². The highest BCUT2D eigenvalue weighted by molar-refractivity contribution is 7.90. The minimum Gasteiger partial charge on any atom is -0.341 e. The largest absolute Gasteiger partial charge is 0.341 e. The number of fused-ring (bicyclic) bond motifs is 1. The predicted octanol–water partition coefficient (Wildman–Crippen LogP) is 4.36. The van der Waals surface area contributed by atoms with Crippen molar-refractivity contribution in [2.24, 2.45) is 4.40 Å². The molecule has 30 heavy (non-hydrogen) atoms. The van der Waals surface area contributed by atoms with Crippen molar-refractivity contribution in [3.63, 3.8) is 0 Å². The van der Waals surface area contributed by atoms with E-state index in [1.165, 1.54) is 12.1 Å². The van der Waals surface area contributed by atoms with E-state index >= 15 is 0 Å². The van der Waals surface area contributed by atoms with Gasteiger partial charge in [0.15, 0.2) is 0 Å². The Bertz CT molecular complexity index is 1330. The number of nitriles is 1. The minimum atomic E-state index is -4.02. The van der Waals surface area contributed by atoms with Gasteiger partial charge in [0.25, 0.3) is 10.0 Å². The number of nitrogens with one attached hydrogen (secondary N) is 1. The molecule has 1 aromatic heterocycles. The number of para-hydroxylation sites is 2. The third-order valence-electron chi connectivity index (χ3n) is 4.69. The summed E-state index contributed by atoms with van der Waals surface area (Å²) in [6, 6.07) is 24.8. The van der Waals surface area contributed by atoms with Crippen molar-refractivity contribution in [2.75, 3.05) is 0 Å². The van der Waals surface area contributed by atoms with E-state index < -0.39 is 15.9 Å². The molecule has 1 N–H and O–H groups in total. The number of rotatable bonds is 5. The monoisotopic (exact) mass is 414 g/mol. The van der Waals surface area contributed by atoms with Gasteiger partial charge in [-0.05, 0) is 36.8 Å². The van der Waals surface area contributed by atoms with Gasteiger partial charge in [-0.2, -0.15) is 18.1 Å². The van der Waals surface area contributed by atoms with Gasteiger partial charge in [-0.3, -0.25) is 0 Å². The van der Waals surface area contributed by atoms with Crippen molar-refractivity contribution in [1.29, 1.82) is 5.26 Å². The zero-order valence-electron chi connectivity index (χ0n) is 16.1. The number of sulfonamides is 1.